The quantitative estimate of drug-likeness (QED) is 0.135. The first-order valence-electron chi connectivity index (χ1n) is 10.5. The molecule has 192 valence electrons. The molecular weight excluding hydrogens is 466 g/mol. The summed E-state index contributed by atoms with van der Waals surface area (Å²) in [6.07, 6.45) is -1.24. The third kappa shape index (κ3) is 10.5. The minimum absolute atomic E-state index is 0.0380. The Kier molecular flexibility index (Phi) is 11.1. The highest BCUT2D eigenvalue weighted by Gasteiger charge is 2.30. The Hall–Kier alpha value is -4.20. The Morgan fingerprint density at radius 1 is 0.886 bits per heavy atom. The van der Waals surface area contributed by atoms with Crippen LogP contribution in [0, 0.1) is 0 Å². The minimum atomic E-state index is -1.65. The second-order valence-electron chi connectivity index (χ2n) is 7.77. The zero-order valence-electron chi connectivity index (χ0n) is 18.9. The summed E-state index contributed by atoms with van der Waals surface area (Å²) in [5.41, 5.74) is 11.1. The van der Waals surface area contributed by atoms with Crippen LogP contribution >= 0.6 is 0 Å². The third-order valence-corrected chi connectivity index (χ3v) is 4.79. The second-order valence-corrected chi connectivity index (χ2v) is 7.77. The Bertz CT molecular complexity index is 951. The maximum atomic E-state index is 12.6. The maximum absolute atomic E-state index is 12.6. The summed E-state index contributed by atoms with van der Waals surface area (Å²) in [6.45, 7) is 1.26. The fraction of sp³-hybridized carbons (Fsp3) is 0.429. The van der Waals surface area contributed by atoms with Gasteiger partial charge in [-0.1, -0.05) is 12.1 Å². The third-order valence-electron chi connectivity index (χ3n) is 4.79. The Morgan fingerprint density at radius 2 is 1.46 bits per heavy atom. The van der Waals surface area contributed by atoms with Crippen LogP contribution in [0.4, 0.5) is 0 Å². The van der Waals surface area contributed by atoms with Gasteiger partial charge in [0, 0.05) is 12.8 Å². The summed E-state index contributed by atoms with van der Waals surface area (Å²) < 4.78 is 0. The number of nitrogens with one attached hydrogen (secondary N) is 3. The van der Waals surface area contributed by atoms with Crippen LogP contribution in [0.15, 0.2) is 24.3 Å². The lowest BCUT2D eigenvalue weighted by Crippen LogP contribution is -2.57. The largest absolute Gasteiger partial charge is 0.508 e. The fourth-order valence-electron chi connectivity index (χ4n) is 2.84. The summed E-state index contributed by atoms with van der Waals surface area (Å²) in [6, 6.07) is 0.0902. The number of carbonyl (C=O) groups is 6. The highest BCUT2D eigenvalue weighted by atomic mass is 16.4. The van der Waals surface area contributed by atoms with Gasteiger partial charge < -0.3 is 42.7 Å². The van der Waals surface area contributed by atoms with Crippen molar-refractivity contribution in [2.75, 3.05) is 0 Å². The molecule has 0 aliphatic carbocycles. The number of benzene rings is 1. The Balaban J connectivity index is 2.83. The van der Waals surface area contributed by atoms with Crippen LogP contribution in [-0.4, -0.2) is 75.1 Å². The number of rotatable bonds is 14. The molecule has 0 fully saturated rings. The molecule has 1 aromatic carbocycles. The molecule has 14 nitrogen and oxygen atoms in total. The molecule has 0 heterocycles. The highest BCUT2D eigenvalue weighted by molar-refractivity contribution is 5.95. The standard InChI is InChI=1S/C21H29N5O9/c1-10(24-19(32)13(22)6-7-16(23)28)18(31)25-14(9-17(29)30)20(33)26-15(21(34)35)8-11-2-4-12(27)5-3-11/h2-5,10,13-15,27H,6-9,22H2,1H3,(H2,23,28)(H,24,32)(H,25,31)(H,26,33)(H,29,30)(H,34,35). The number of carboxylic acids is 2. The number of aliphatic carboxylic acids is 2. The van der Waals surface area contributed by atoms with E-state index in [-0.39, 0.29) is 25.0 Å². The summed E-state index contributed by atoms with van der Waals surface area (Å²) in [7, 11) is 0. The molecule has 4 unspecified atom stereocenters. The van der Waals surface area contributed by atoms with Gasteiger partial charge in [-0.15, -0.1) is 0 Å². The van der Waals surface area contributed by atoms with E-state index >= 15 is 0 Å². The summed E-state index contributed by atoms with van der Waals surface area (Å²) >= 11 is 0. The molecule has 4 atom stereocenters. The van der Waals surface area contributed by atoms with E-state index in [1.54, 1.807) is 0 Å². The number of amides is 4. The van der Waals surface area contributed by atoms with Crippen molar-refractivity contribution in [2.45, 2.75) is 56.8 Å². The lowest BCUT2D eigenvalue weighted by atomic mass is 10.0. The number of nitrogens with two attached hydrogens (primary N) is 2. The smallest absolute Gasteiger partial charge is 0.326 e. The van der Waals surface area contributed by atoms with Crippen LogP contribution in [0.3, 0.4) is 0 Å². The first kappa shape index (κ1) is 28.8. The van der Waals surface area contributed by atoms with Gasteiger partial charge in [-0.2, -0.15) is 0 Å². The van der Waals surface area contributed by atoms with Gasteiger partial charge in [0.25, 0.3) is 0 Å². The summed E-state index contributed by atoms with van der Waals surface area (Å²) in [4.78, 5) is 70.8. The summed E-state index contributed by atoms with van der Waals surface area (Å²) in [5.74, 6) is -6.31. The zero-order chi connectivity index (χ0) is 26.7. The molecule has 0 radical (unpaired) electrons. The average Bonchev–Trinajstić information content (AvgIpc) is 2.77. The molecule has 14 heteroatoms. The number of phenolic OH excluding ortho intramolecular Hbond substituents is 1. The van der Waals surface area contributed by atoms with Gasteiger partial charge in [-0.3, -0.25) is 24.0 Å². The Morgan fingerprint density at radius 3 is 1.97 bits per heavy atom. The molecule has 35 heavy (non-hydrogen) atoms. The van der Waals surface area contributed by atoms with E-state index in [0.29, 0.717) is 5.56 Å². The number of phenols is 1. The molecule has 1 rings (SSSR count). The van der Waals surface area contributed by atoms with E-state index in [4.69, 9.17) is 16.6 Å². The zero-order valence-corrected chi connectivity index (χ0v) is 18.9. The number of aromatic hydroxyl groups is 1. The molecule has 10 N–H and O–H groups in total. The van der Waals surface area contributed by atoms with E-state index in [9.17, 15) is 39.0 Å². The molecule has 0 saturated heterocycles. The van der Waals surface area contributed by atoms with Gasteiger partial charge in [-0.05, 0) is 31.0 Å². The first-order chi connectivity index (χ1) is 16.3. The van der Waals surface area contributed by atoms with Crippen molar-refractivity contribution in [1.82, 2.24) is 16.0 Å². The molecule has 0 bridgehead atoms. The van der Waals surface area contributed by atoms with Crippen LogP contribution in [0.2, 0.25) is 0 Å². The first-order valence-corrected chi connectivity index (χ1v) is 10.5. The highest BCUT2D eigenvalue weighted by Crippen LogP contribution is 2.12. The van der Waals surface area contributed by atoms with E-state index in [1.807, 2.05) is 0 Å². The normalized spacial score (nSPS) is 14.0. The minimum Gasteiger partial charge on any atom is -0.508 e. The maximum Gasteiger partial charge on any atom is 0.326 e. The molecular formula is C21H29N5O9. The van der Waals surface area contributed by atoms with Crippen molar-refractivity contribution in [2.24, 2.45) is 11.5 Å². The summed E-state index contributed by atoms with van der Waals surface area (Å²) in [5, 5.41) is 34.5. The van der Waals surface area contributed by atoms with E-state index < -0.39 is 66.2 Å². The van der Waals surface area contributed by atoms with E-state index in [1.165, 1.54) is 31.2 Å². The molecule has 1 aromatic rings. The molecule has 0 aromatic heterocycles. The van der Waals surface area contributed by atoms with Crippen LogP contribution in [-0.2, 0) is 35.2 Å². The van der Waals surface area contributed by atoms with Gasteiger partial charge in [0.15, 0.2) is 0 Å². The van der Waals surface area contributed by atoms with E-state index in [2.05, 4.69) is 16.0 Å². The lowest BCUT2D eigenvalue weighted by molar-refractivity contribution is -0.143. The van der Waals surface area contributed by atoms with Crippen LogP contribution < -0.4 is 27.4 Å². The molecule has 4 amide bonds. The fourth-order valence-corrected chi connectivity index (χ4v) is 2.84. The van der Waals surface area contributed by atoms with Gasteiger partial charge >= 0.3 is 11.9 Å². The SMILES string of the molecule is CC(NC(=O)C(N)CCC(N)=O)C(=O)NC(CC(=O)O)C(=O)NC(Cc1ccc(O)cc1)C(=O)O. The predicted octanol–water partition coefficient (Wildman–Crippen LogP) is -2.44. The number of carboxylic acid groups (broad SMARTS) is 2. The molecule has 0 aliphatic heterocycles. The van der Waals surface area contributed by atoms with Crippen molar-refractivity contribution < 1.29 is 44.1 Å². The van der Waals surface area contributed by atoms with Gasteiger partial charge in [0.2, 0.25) is 23.6 Å². The lowest BCUT2D eigenvalue weighted by Gasteiger charge is -2.23. The van der Waals surface area contributed by atoms with Gasteiger partial charge in [0.05, 0.1) is 12.5 Å². The predicted molar refractivity (Wildman–Crippen MR) is 120 cm³/mol. The molecule has 0 saturated carbocycles. The topological polar surface area (TPSA) is 251 Å². The van der Waals surface area contributed by atoms with Crippen molar-refractivity contribution in [3.8, 4) is 5.75 Å². The number of hydrogen-bond acceptors (Lipinski definition) is 8. The average molecular weight is 495 g/mol. The van der Waals surface area contributed by atoms with Crippen LogP contribution in [0.25, 0.3) is 0 Å². The van der Waals surface area contributed by atoms with Crippen molar-refractivity contribution >= 4 is 35.6 Å². The van der Waals surface area contributed by atoms with Crippen LogP contribution in [0.1, 0.15) is 31.7 Å². The number of carbonyl (C=O) groups excluding carboxylic acids is 4. The van der Waals surface area contributed by atoms with E-state index in [0.717, 1.165) is 0 Å². The number of hydrogen-bond donors (Lipinski definition) is 8. The number of primary amides is 1. The van der Waals surface area contributed by atoms with Crippen molar-refractivity contribution in [3.63, 3.8) is 0 Å². The molecule has 0 spiro atoms. The Labute approximate surface area is 200 Å². The molecule has 0 aliphatic rings. The van der Waals surface area contributed by atoms with Crippen molar-refractivity contribution in [1.29, 1.82) is 0 Å². The van der Waals surface area contributed by atoms with Crippen LogP contribution in [0.5, 0.6) is 5.75 Å². The second kappa shape index (κ2) is 13.5. The van der Waals surface area contributed by atoms with Crippen molar-refractivity contribution in [3.05, 3.63) is 29.8 Å². The van der Waals surface area contributed by atoms with Gasteiger partial charge in [-0.25, -0.2) is 4.79 Å². The monoisotopic (exact) mass is 495 g/mol. The van der Waals surface area contributed by atoms with Gasteiger partial charge in [0.1, 0.15) is 23.9 Å².